The van der Waals surface area contributed by atoms with Crippen molar-refractivity contribution in [2.45, 2.75) is 0 Å². The number of carbonyl (C=O) groups is 1. The topological polar surface area (TPSA) is 41.5 Å². The van der Waals surface area contributed by atoms with E-state index in [9.17, 15) is 4.79 Å². The Hall–Kier alpha value is -2.21. The molecular formula is C20H12BrClN2OS. The summed E-state index contributed by atoms with van der Waals surface area (Å²) in [6, 6.07) is 15.1. The van der Waals surface area contributed by atoms with E-state index in [0.29, 0.717) is 22.1 Å². The van der Waals surface area contributed by atoms with Gasteiger partial charge in [-0.25, -0.2) is 4.99 Å². The minimum Gasteiger partial charge on any atom is -0.320 e. The lowest BCUT2D eigenvalue weighted by Gasteiger charge is -2.11. The van der Waals surface area contributed by atoms with Crippen LogP contribution in [0.2, 0.25) is 5.02 Å². The third-order valence-corrected chi connectivity index (χ3v) is 5.45. The number of halogens is 2. The number of anilines is 1. The normalized spacial score (nSPS) is 15.2. The highest BCUT2D eigenvalue weighted by atomic mass is 79.9. The highest BCUT2D eigenvalue weighted by Gasteiger charge is 2.23. The average Bonchev–Trinajstić information content (AvgIpc) is 3.09. The van der Waals surface area contributed by atoms with E-state index >= 15 is 0 Å². The zero-order valence-corrected chi connectivity index (χ0v) is 16.5. The molecule has 0 fully saturated rings. The molecule has 1 amide bonds. The van der Waals surface area contributed by atoms with Crippen LogP contribution in [0.25, 0.3) is 6.08 Å². The van der Waals surface area contributed by atoms with Gasteiger partial charge in [-0.15, -0.1) is 0 Å². The van der Waals surface area contributed by atoms with Crippen molar-refractivity contribution in [1.82, 2.24) is 0 Å². The molecule has 128 valence electrons. The fourth-order valence-corrected chi connectivity index (χ4v) is 3.91. The maximum absolute atomic E-state index is 12.7. The highest BCUT2D eigenvalue weighted by molar-refractivity contribution is 9.10. The Labute approximate surface area is 168 Å². The molecule has 0 saturated heterocycles. The van der Waals surface area contributed by atoms with Crippen LogP contribution in [-0.2, 0) is 4.79 Å². The van der Waals surface area contributed by atoms with Crippen LogP contribution in [0.5, 0.6) is 0 Å². The van der Waals surface area contributed by atoms with Crippen molar-refractivity contribution in [3.63, 3.8) is 0 Å². The van der Waals surface area contributed by atoms with Crippen molar-refractivity contribution in [2.75, 3.05) is 5.32 Å². The summed E-state index contributed by atoms with van der Waals surface area (Å²) in [6.07, 6.45) is 1.78. The molecule has 0 bridgehead atoms. The van der Waals surface area contributed by atoms with Crippen molar-refractivity contribution in [3.8, 4) is 0 Å². The van der Waals surface area contributed by atoms with Crippen LogP contribution in [0.1, 0.15) is 16.7 Å². The number of nitrogens with one attached hydrogen (secondary N) is 1. The average molecular weight is 444 g/mol. The van der Waals surface area contributed by atoms with Crippen LogP contribution in [0.15, 0.2) is 74.5 Å². The van der Waals surface area contributed by atoms with Crippen LogP contribution in [-0.4, -0.2) is 11.6 Å². The predicted molar refractivity (Wildman–Crippen MR) is 112 cm³/mol. The number of hydrogen-bond donors (Lipinski definition) is 1. The van der Waals surface area contributed by atoms with Gasteiger partial charge in [-0.05, 0) is 52.7 Å². The van der Waals surface area contributed by atoms with Crippen LogP contribution in [0.3, 0.4) is 0 Å². The Morgan fingerprint density at radius 3 is 2.73 bits per heavy atom. The first-order chi connectivity index (χ1) is 12.6. The van der Waals surface area contributed by atoms with Crippen molar-refractivity contribution in [2.24, 2.45) is 4.99 Å². The van der Waals surface area contributed by atoms with Gasteiger partial charge in [0.2, 0.25) is 0 Å². The third-order valence-electron chi connectivity index (χ3n) is 3.93. The van der Waals surface area contributed by atoms with Gasteiger partial charge in [0, 0.05) is 20.6 Å². The van der Waals surface area contributed by atoms with Gasteiger partial charge >= 0.3 is 0 Å². The van der Waals surface area contributed by atoms with E-state index in [2.05, 4.69) is 21.2 Å². The maximum Gasteiger partial charge on any atom is 0.274 e. The van der Waals surface area contributed by atoms with Crippen LogP contribution in [0.4, 0.5) is 5.69 Å². The van der Waals surface area contributed by atoms with Crippen molar-refractivity contribution in [1.29, 1.82) is 0 Å². The van der Waals surface area contributed by atoms with Crippen LogP contribution in [0, 0.1) is 0 Å². The zero-order valence-electron chi connectivity index (χ0n) is 13.4. The molecular weight excluding hydrogens is 432 g/mol. The Morgan fingerprint density at radius 2 is 1.96 bits per heavy atom. The molecule has 0 aliphatic carbocycles. The molecule has 1 aliphatic rings. The molecule has 1 N–H and O–H groups in total. The van der Waals surface area contributed by atoms with Gasteiger partial charge in [0.25, 0.3) is 5.91 Å². The van der Waals surface area contributed by atoms with Crippen LogP contribution >= 0.6 is 38.9 Å². The number of aliphatic imine (C=N–C) groups is 1. The van der Waals surface area contributed by atoms with Gasteiger partial charge in [0.05, 0.1) is 11.4 Å². The summed E-state index contributed by atoms with van der Waals surface area (Å²) in [7, 11) is 0. The second-order valence-electron chi connectivity index (χ2n) is 5.67. The lowest BCUT2D eigenvalue weighted by atomic mass is 10.0. The number of rotatable bonds is 2. The van der Waals surface area contributed by atoms with E-state index in [4.69, 9.17) is 16.6 Å². The lowest BCUT2D eigenvalue weighted by molar-refractivity contribution is -0.112. The molecule has 2 heterocycles. The second-order valence-corrected chi connectivity index (χ2v) is 7.77. The molecule has 0 saturated carbocycles. The van der Waals surface area contributed by atoms with E-state index in [-0.39, 0.29) is 5.91 Å². The monoisotopic (exact) mass is 442 g/mol. The molecule has 0 radical (unpaired) electrons. The summed E-state index contributed by atoms with van der Waals surface area (Å²) in [4.78, 5) is 17.4. The van der Waals surface area contributed by atoms with Gasteiger partial charge in [-0.2, -0.15) is 11.3 Å². The van der Waals surface area contributed by atoms with Gasteiger partial charge in [-0.1, -0.05) is 45.7 Å². The van der Waals surface area contributed by atoms with E-state index in [1.807, 2.05) is 59.3 Å². The number of hydrogen-bond acceptors (Lipinski definition) is 3. The fourth-order valence-electron chi connectivity index (χ4n) is 2.71. The number of benzene rings is 2. The highest BCUT2D eigenvalue weighted by Crippen LogP contribution is 2.31. The summed E-state index contributed by atoms with van der Waals surface area (Å²) < 4.78 is 0.899. The molecule has 3 aromatic rings. The first-order valence-electron chi connectivity index (χ1n) is 7.80. The molecule has 26 heavy (non-hydrogen) atoms. The Balaban J connectivity index is 1.97. The van der Waals surface area contributed by atoms with Crippen molar-refractivity contribution >= 4 is 62.2 Å². The molecule has 0 atom stereocenters. The Kier molecular flexibility index (Phi) is 4.76. The number of amides is 1. The lowest BCUT2D eigenvalue weighted by Crippen LogP contribution is -2.12. The summed E-state index contributed by atoms with van der Waals surface area (Å²) in [5.41, 5.74) is 4.23. The third kappa shape index (κ3) is 3.38. The second kappa shape index (κ2) is 7.19. The van der Waals surface area contributed by atoms with E-state index < -0.39 is 0 Å². The zero-order chi connectivity index (χ0) is 18.1. The van der Waals surface area contributed by atoms with E-state index in [1.54, 1.807) is 17.4 Å². The molecule has 0 unspecified atom stereocenters. The summed E-state index contributed by atoms with van der Waals surface area (Å²) >= 11 is 11.5. The molecule has 3 nitrogen and oxygen atoms in total. The Bertz CT molecular complexity index is 1060. The maximum atomic E-state index is 12.7. The van der Waals surface area contributed by atoms with Gasteiger partial charge in [0.15, 0.2) is 0 Å². The number of carbonyl (C=O) groups excluding carboxylic acids is 1. The smallest absolute Gasteiger partial charge is 0.274 e. The molecule has 2 aromatic carbocycles. The van der Waals surface area contributed by atoms with Gasteiger partial charge in [0.1, 0.15) is 5.70 Å². The predicted octanol–water partition coefficient (Wildman–Crippen LogP) is 5.99. The number of nitrogens with zero attached hydrogens (tertiary/aromatic N) is 1. The quantitative estimate of drug-likeness (QED) is 0.485. The molecule has 0 spiro atoms. The minimum absolute atomic E-state index is 0.248. The van der Waals surface area contributed by atoms with Crippen molar-refractivity contribution < 1.29 is 4.79 Å². The Morgan fingerprint density at radius 1 is 1.12 bits per heavy atom. The van der Waals surface area contributed by atoms with Crippen molar-refractivity contribution in [3.05, 3.63) is 91.2 Å². The molecule has 1 aromatic heterocycles. The molecule has 1 aliphatic heterocycles. The number of thiophene rings is 1. The summed E-state index contributed by atoms with van der Waals surface area (Å²) in [5.74, 6) is -0.248. The molecule has 4 rings (SSSR count). The standard InChI is InChI=1S/C20H12BrClN2OS/c21-13-5-6-17-15(10-13)19(14-3-1-2-4-16(14)22)23-18(20(25)24-17)9-12-7-8-26-11-12/h1-11H,(H,24,25)/b18-9+. The van der Waals surface area contributed by atoms with Gasteiger partial charge < -0.3 is 5.32 Å². The van der Waals surface area contributed by atoms with E-state index in [1.165, 1.54) is 0 Å². The summed E-state index contributed by atoms with van der Waals surface area (Å²) in [5, 5.41) is 7.47. The SMILES string of the molecule is O=C1Nc2ccc(Br)cc2C(c2ccccc2Cl)=N/C1=C/c1ccsc1. The van der Waals surface area contributed by atoms with Crippen LogP contribution < -0.4 is 5.32 Å². The minimum atomic E-state index is -0.248. The summed E-state index contributed by atoms with van der Waals surface area (Å²) in [6.45, 7) is 0. The first-order valence-corrected chi connectivity index (χ1v) is 9.92. The largest absolute Gasteiger partial charge is 0.320 e. The van der Waals surface area contributed by atoms with Gasteiger partial charge in [-0.3, -0.25) is 4.79 Å². The number of benzodiazepines with no additional fused rings is 1. The fraction of sp³-hybridized carbons (Fsp3) is 0. The van der Waals surface area contributed by atoms with E-state index in [0.717, 1.165) is 21.2 Å². The number of fused-ring (bicyclic) bond motifs is 1. The molecule has 6 heteroatoms. The first kappa shape index (κ1) is 17.2.